The van der Waals surface area contributed by atoms with Gasteiger partial charge in [-0.25, -0.2) is 14.8 Å². The number of carboxylic acids is 1. The molecule has 170 valence electrons. The van der Waals surface area contributed by atoms with Gasteiger partial charge in [-0.3, -0.25) is 24.5 Å². The molecule has 3 atom stereocenters. The number of amides is 2. The molecule has 34 heavy (non-hydrogen) atoms. The highest BCUT2D eigenvalue weighted by Gasteiger charge is 2.60. The maximum absolute atomic E-state index is 13.6. The van der Waals surface area contributed by atoms with Crippen molar-refractivity contribution in [3.8, 4) is 0 Å². The first-order valence-corrected chi connectivity index (χ1v) is 10.3. The first kappa shape index (κ1) is 21.3. The fourth-order valence-electron chi connectivity index (χ4n) is 4.46. The Labute approximate surface area is 192 Å². The van der Waals surface area contributed by atoms with E-state index < -0.39 is 40.8 Å². The molecule has 10 nitrogen and oxygen atoms in total. The number of hydrogen-bond donors (Lipinski definition) is 1. The summed E-state index contributed by atoms with van der Waals surface area (Å²) in [5.74, 6) is -3.40. The highest BCUT2D eigenvalue weighted by Crippen LogP contribution is 2.48. The monoisotopic (exact) mass is 459 g/mol. The number of para-hydroxylation sites is 1. The summed E-state index contributed by atoms with van der Waals surface area (Å²) >= 11 is 0. The molecule has 0 aromatic heterocycles. The van der Waals surface area contributed by atoms with Crippen LogP contribution < -0.4 is 9.96 Å². The lowest BCUT2D eigenvalue weighted by molar-refractivity contribution is -0.384. The van der Waals surface area contributed by atoms with Gasteiger partial charge in [-0.05, 0) is 35.9 Å². The minimum Gasteiger partial charge on any atom is -0.478 e. The van der Waals surface area contributed by atoms with Gasteiger partial charge in [0.15, 0.2) is 6.10 Å². The van der Waals surface area contributed by atoms with Crippen LogP contribution >= 0.6 is 0 Å². The third kappa shape index (κ3) is 3.28. The number of nitro groups is 1. The molecule has 3 aromatic carbocycles. The van der Waals surface area contributed by atoms with Crippen molar-refractivity contribution in [2.45, 2.75) is 12.1 Å². The number of carbonyl (C=O) groups is 3. The predicted octanol–water partition coefficient (Wildman–Crippen LogP) is 3.34. The van der Waals surface area contributed by atoms with Crippen LogP contribution in [-0.2, 0) is 14.4 Å². The normalized spacial score (nSPS) is 21.6. The van der Waals surface area contributed by atoms with E-state index in [0.29, 0.717) is 11.3 Å². The predicted molar refractivity (Wildman–Crippen MR) is 119 cm³/mol. The van der Waals surface area contributed by atoms with Gasteiger partial charge in [-0.2, -0.15) is 0 Å². The molecule has 1 N–H and O–H groups in total. The maximum Gasteiger partial charge on any atom is 0.336 e. The summed E-state index contributed by atoms with van der Waals surface area (Å²) in [6.45, 7) is 0. The largest absolute Gasteiger partial charge is 0.478 e. The van der Waals surface area contributed by atoms with E-state index in [1.807, 2.05) is 0 Å². The molecule has 0 unspecified atom stereocenters. The molecule has 0 spiro atoms. The van der Waals surface area contributed by atoms with Crippen LogP contribution in [0.15, 0.2) is 78.9 Å². The number of anilines is 2. The number of benzene rings is 3. The minimum absolute atomic E-state index is 0.00767. The Bertz CT molecular complexity index is 1310. The van der Waals surface area contributed by atoms with Crippen LogP contribution in [0.3, 0.4) is 0 Å². The Morgan fingerprint density at radius 3 is 2.18 bits per heavy atom. The molecule has 5 rings (SSSR count). The SMILES string of the molecule is O=C(O)c1ccccc1[C@@H]1[C@@H]2C(=O)N(c3ccc([N+](=O)[O-])cc3)C(=O)[C@H]2ON1c1ccccc1. The Hall–Kier alpha value is -4.57. The zero-order valence-corrected chi connectivity index (χ0v) is 17.5. The number of hydroxylamine groups is 1. The lowest BCUT2D eigenvalue weighted by Gasteiger charge is -2.29. The lowest BCUT2D eigenvalue weighted by atomic mass is 9.88. The van der Waals surface area contributed by atoms with Gasteiger partial charge >= 0.3 is 5.97 Å². The molecule has 2 aliphatic rings. The molecule has 2 saturated heterocycles. The maximum atomic E-state index is 13.6. The lowest BCUT2D eigenvalue weighted by Crippen LogP contribution is -2.37. The van der Waals surface area contributed by atoms with Crippen molar-refractivity contribution >= 4 is 34.8 Å². The Morgan fingerprint density at radius 2 is 1.53 bits per heavy atom. The Morgan fingerprint density at radius 1 is 0.882 bits per heavy atom. The molecule has 2 fully saturated rings. The third-order valence-electron chi connectivity index (χ3n) is 5.95. The summed E-state index contributed by atoms with van der Waals surface area (Å²) in [5, 5.41) is 22.1. The quantitative estimate of drug-likeness (QED) is 0.349. The topological polar surface area (TPSA) is 130 Å². The average Bonchev–Trinajstić information content (AvgIpc) is 3.35. The number of non-ortho nitro benzene ring substituents is 1. The molecular formula is C24H17N3O7. The van der Waals surface area contributed by atoms with Crippen LogP contribution in [-0.4, -0.2) is 33.9 Å². The van der Waals surface area contributed by atoms with Gasteiger partial charge in [0.1, 0.15) is 5.92 Å². The number of hydrogen-bond acceptors (Lipinski definition) is 7. The van der Waals surface area contributed by atoms with Gasteiger partial charge in [-0.15, -0.1) is 0 Å². The fourth-order valence-corrected chi connectivity index (χ4v) is 4.46. The van der Waals surface area contributed by atoms with Crippen LogP contribution in [0, 0.1) is 16.0 Å². The number of rotatable bonds is 5. The van der Waals surface area contributed by atoms with Crippen molar-refractivity contribution in [1.29, 1.82) is 0 Å². The van der Waals surface area contributed by atoms with Crippen LogP contribution in [0.1, 0.15) is 22.0 Å². The van der Waals surface area contributed by atoms with Crippen LogP contribution in [0.25, 0.3) is 0 Å². The molecule has 3 aromatic rings. The number of fused-ring (bicyclic) bond motifs is 1. The van der Waals surface area contributed by atoms with Gasteiger partial charge in [0, 0.05) is 12.1 Å². The van der Waals surface area contributed by atoms with E-state index in [9.17, 15) is 29.6 Å². The van der Waals surface area contributed by atoms with Crippen molar-refractivity contribution in [2.75, 3.05) is 9.96 Å². The molecule has 2 heterocycles. The van der Waals surface area contributed by atoms with E-state index >= 15 is 0 Å². The second-order valence-electron chi connectivity index (χ2n) is 7.84. The van der Waals surface area contributed by atoms with Gasteiger partial charge < -0.3 is 5.11 Å². The molecule has 0 saturated carbocycles. The van der Waals surface area contributed by atoms with Crippen LogP contribution in [0.4, 0.5) is 17.1 Å². The first-order chi connectivity index (χ1) is 16.4. The average molecular weight is 459 g/mol. The van der Waals surface area contributed by atoms with E-state index in [0.717, 1.165) is 4.90 Å². The van der Waals surface area contributed by atoms with E-state index in [4.69, 9.17) is 4.84 Å². The summed E-state index contributed by atoms with van der Waals surface area (Å²) in [4.78, 5) is 56.1. The van der Waals surface area contributed by atoms with Crippen LogP contribution in [0.5, 0.6) is 0 Å². The van der Waals surface area contributed by atoms with Crippen molar-refractivity contribution < 1.29 is 29.3 Å². The summed E-state index contributed by atoms with van der Waals surface area (Å²) in [7, 11) is 0. The van der Waals surface area contributed by atoms with E-state index in [1.54, 1.807) is 48.5 Å². The molecule has 0 bridgehead atoms. The Balaban J connectivity index is 1.60. The highest BCUT2D eigenvalue weighted by atomic mass is 16.7. The van der Waals surface area contributed by atoms with E-state index in [-0.39, 0.29) is 16.9 Å². The van der Waals surface area contributed by atoms with Gasteiger partial charge in [0.2, 0.25) is 5.91 Å². The third-order valence-corrected chi connectivity index (χ3v) is 5.95. The van der Waals surface area contributed by atoms with E-state index in [2.05, 4.69) is 0 Å². The summed E-state index contributed by atoms with van der Waals surface area (Å²) in [6.07, 6.45) is -1.19. The number of imide groups is 1. The second kappa shape index (κ2) is 8.09. The van der Waals surface area contributed by atoms with Crippen molar-refractivity contribution in [2.24, 2.45) is 5.92 Å². The van der Waals surface area contributed by atoms with Gasteiger partial charge in [-0.1, -0.05) is 36.4 Å². The number of carboxylic acid groups (broad SMARTS) is 1. The zero-order valence-electron chi connectivity index (χ0n) is 17.5. The van der Waals surface area contributed by atoms with Gasteiger partial charge in [0.05, 0.1) is 27.9 Å². The smallest absolute Gasteiger partial charge is 0.336 e. The van der Waals surface area contributed by atoms with Crippen molar-refractivity contribution in [3.05, 3.63) is 100 Å². The zero-order chi connectivity index (χ0) is 24.0. The number of nitrogens with zero attached hydrogens (tertiary/aromatic N) is 3. The molecule has 2 amide bonds. The first-order valence-electron chi connectivity index (χ1n) is 10.3. The second-order valence-corrected chi connectivity index (χ2v) is 7.84. The number of aromatic carboxylic acids is 1. The molecule has 0 radical (unpaired) electrons. The molecule has 0 aliphatic carbocycles. The minimum atomic E-state index is -1.19. The summed E-state index contributed by atoms with van der Waals surface area (Å²) in [5.41, 5.74) is 0.882. The molecular weight excluding hydrogens is 442 g/mol. The summed E-state index contributed by atoms with van der Waals surface area (Å²) in [6, 6.07) is 19.2. The van der Waals surface area contributed by atoms with Crippen molar-refractivity contribution in [1.82, 2.24) is 0 Å². The fraction of sp³-hybridized carbons (Fsp3) is 0.125. The van der Waals surface area contributed by atoms with E-state index in [1.165, 1.54) is 35.4 Å². The standard InChI is InChI=1S/C24H17N3O7/c28-22-19-20(17-8-4-5-9-18(17)24(30)31)26(15-6-2-1-3-7-15)34-21(19)23(29)25(22)14-10-12-16(13-11-14)27(32)33/h1-13,19-21H,(H,30,31)/t19-,20+,21-/m0/s1. The highest BCUT2D eigenvalue weighted by molar-refractivity contribution is 6.24. The summed E-state index contributed by atoms with van der Waals surface area (Å²) < 4.78 is 0. The molecule has 10 heteroatoms. The van der Waals surface area contributed by atoms with Crippen LogP contribution in [0.2, 0.25) is 0 Å². The number of carbonyl (C=O) groups excluding carboxylic acids is 2. The molecule has 2 aliphatic heterocycles. The Kier molecular flexibility index (Phi) is 5.06. The number of nitro benzene ring substituents is 1. The van der Waals surface area contributed by atoms with Crippen molar-refractivity contribution in [3.63, 3.8) is 0 Å². The van der Waals surface area contributed by atoms with Gasteiger partial charge in [0.25, 0.3) is 11.6 Å².